The van der Waals surface area contributed by atoms with Gasteiger partial charge in [-0.1, -0.05) is 11.6 Å². The molecule has 6 heteroatoms. The molecule has 1 atom stereocenters. The van der Waals surface area contributed by atoms with Gasteiger partial charge in [0.2, 0.25) is 0 Å². The molecule has 3 N–H and O–H groups in total. The molecule has 0 aliphatic rings. The van der Waals surface area contributed by atoms with Crippen LogP contribution in [0.4, 0.5) is 0 Å². The maximum atomic E-state index is 11.8. The first-order valence-electron chi connectivity index (χ1n) is 4.97. The van der Waals surface area contributed by atoms with Crippen molar-refractivity contribution in [3.8, 4) is 5.75 Å². The van der Waals surface area contributed by atoms with Crippen molar-refractivity contribution < 1.29 is 19.7 Å². The van der Waals surface area contributed by atoms with E-state index in [0.29, 0.717) is 5.02 Å². The summed E-state index contributed by atoms with van der Waals surface area (Å²) < 4.78 is 4.82. The number of halogens is 1. The molecule has 1 amide bonds. The van der Waals surface area contributed by atoms with E-state index in [0.717, 1.165) is 0 Å². The zero-order valence-corrected chi connectivity index (χ0v) is 10.1. The molecule has 0 fully saturated rings. The van der Waals surface area contributed by atoms with Crippen LogP contribution in [0.3, 0.4) is 0 Å². The van der Waals surface area contributed by atoms with Gasteiger partial charge in [-0.05, 0) is 18.2 Å². The average Bonchev–Trinajstić information content (AvgIpc) is 2.31. The van der Waals surface area contributed by atoms with Crippen LogP contribution >= 0.6 is 11.6 Å². The van der Waals surface area contributed by atoms with Crippen LogP contribution in [0.5, 0.6) is 5.75 Å². The minimum Gasteiger partial charge on any atom is -0.507 e. The lowest BCUT2D eigenvalue weighted by Gasteiger charge is -2.15. The van der Waals surface area contributed by atoms with Crippen LogP contribution in [0.2, 0.25) is 5.02 Å². The van der Waals surface area contributed by atoms with E-state index in [-0.39, 0.29) is 24.5 Å². The molecule has 0 radical (unpaired) electrons. The summed E-state index contributed by atoms with van der Waals surface area (Å²) in [4.78, 5) is 11.8. The van der Waals surface area contributed by atoms with Gasteiger partial charge in [0.1, 0.15) is 5.75 Å². The van der Waals surface area contributed by atoms with Crippen LogP contribution in [0.25, 0.3) is 0 Å². The third-order valence-electron chi connectivity index (χ3n) is 2.13. The molecule has 0 saturated carbocycles. The molecular formula is C11H14ClNO4. The van der Waals surface area contributed by atoms with E-state index in [1.165, 1.54) is 25.3 Å². The lowest BCUT2D eigenvalue weighted by Crippen LogP contribution is -2.40. The fourth-order valence-electron chi connectivity index (χ4n) is 1.29. The maximum absolute atomic E-state index is 11.8. The predicted octanol–water partition coefficient (Wildman–Crippen LogP) is 0.783. The Morgan fingerprint density at radius 2 is 2.29 bits per heavy atom. The van der Waals surface area contributed by atoms with Gasteiger partial charge in [-0.2, -0.15) is 0 Å². The average molecular weight is 260 g/mol. The van der Waals surface area contributed by atoms with E-state index in [9.17, 15) is 9.90 Å². The summed E-state index contributed by atoms with van der Waals surface area (Å²) in [5.41, 5.74) is 0.0621. The minimum atomic E-state index is -0.522. The number of methoxy groups -OCH3 is 1. The van der Waals surface area contributed by atoms with Crippen molar-refractivity contribution in [3.05, 3.63) is 28.8 Å². The first-order valence-corrected chi connectivity index (χ1v) is 5.35. The van der Waals surface area contributed by atoms with Gasteiger partial charge < -0.3 is 20.3 Å². The summed E-state index contributed by atoms with van der Waals surface area (Å²) in [6, 6.07) is 3.65. The van der Waals surface area contributed by atoms with Crippen molar-refractivity contribution in [2.75, 3.05) is 20.3 Å². The van der Waals surface area contributed by atoms with E-state index in [1.807, 2.05) is 0 Å². The van der Waals surface area contributed by atoms with Gasteiger partial charge in [0, 0.05) is 12.1 Å². The summed E-state index contributed by atoms with van der Waals surface area (Å²) in [5, 5.41) is 21.4. The number of carbonyl (C=O) groups excluding carboxylic acids is 1. The number of rotatable bonds is 5. The number of hydrogen-bond acceptors (Lipinski definition) is 4. The number of phenolic OH excluding ortho intramolecular Hbond substituents is 1. The Hall–Kier alpha value is -1.30. The summed E-state index contributed by atoms with van der Waals surface area (Å²) >= 11 is 5.73. The zero-order valence-electron chi connectivity index (χ0n) is 9.31. The van der Waals surface area contributed by atoms with E-state index in [4.69, 9.17) is 21.4 Å². The van der Waals surface area contributed by atoms with Crippen LogP contribution < -0.4 is 5.32 Å². The van der Waals surface area contributed by atoms with Crippen LogP contribution in [0, 0.1) is 0 Å². The molecule has 0 spiro atoms. The second kappa shape index (κ2) is 6.44. The highest BCUT2D eigenvalue weighted by molar-refractivity contribution is 6.31. The number of ether oxygens (including phenoxy) is 1. The summed E-state index contributed by atoms with van der Waals surface area (Å²) in [7, 11) is 1.46. The van der Waals surface area contributed by atoms with Crippen molar-refractivity contribution in [2.24, 2.45) is 0 Å². The molecule has 0 aliphatic heterocycles. The van der Waals surface area contributed by atoms with Crippen molar-refractivity contribution in [2.45, 2.75) is 6.04 Å². The van der Waals surface area contributed by atoms with Crippen molar-refractivity contribution in [3.63, 3.8) is 0 Å². The molecule has 1 rings (SSSR count). The Balaban J connectivity index is 2.78. The SMILES string of the molecule is COCC(CO)NC(=O)c1cc(Cl)ccc1O. The molecule has 1 unspecified atom stereocenters. The Morgan fingerprint density at radius 3 is 2.88 bits per heavy atom. The maximum Gasteiger partial charge on any atom is 0.255 e. The highest BCUT2D eigenvalue weighted by Gasteiger charge is 2.16. The van der Waals surface area contributed by atoms with Gasteiger partial charge in [-0.3, -0.25) is 4.79 Å². The van der Waals surface area contributed by atoms with Gasteiger partial charge >= 0.3 is 0 Å². The predicted molar refractivity (Wildman–Crippen MR) is 63.3 cm³/mol. The summed E-state index contributed by atoms with van der Waals surface area (Å²) in [6.45, 7) is -0.0650. The highest BCUT2D eigenvalue weighted by atomic mass is 35.5. The largest absolute Gasteiger partial charge is 0.507 e. The second-order valence-corrected chi connectivity index (χ2v) is 3.91. The van der Waals surface area contributed by atoms with Crippen molar-refractivity contribution in [1.82, 2.24) is 5.32 Å². The number of aliphatic hydroxyl groups is 1. The van der Waals surface area contributed by atoms with E-state index < -0.39 is 11.9 Å². The van der Waals surface area contributed by atoms with Crippen LogP contribution in [-0.2, 0) is 4.74 Å². The molecule has 0 saturated heterocycles. The zero-order chi connectivity index (χ0) is 12.8. The Kier molecular flexibility index (Phi) is 5.21. The standard InChI is InChI=1S/C11H14ClNO4/c1-17-6-8(5-14)13-11(16)9-4-7(12)2-3-10(9)15/h2-4,8,14-15H,5-6H2,1H3,(H,13,16). The van der Waals surface area contributed by atoms with Gasteiger partial charge in [-0.15, -0.1) is 0 Å². The van der Waals surface area contributed by atoms with Gasteiger partial charge in [-0.25, -0.2) is 0 Å². The molecular weight excluding hydrogens is 246 g/mol. The van der Waals surface area contributed by atoms with Gasteiger partial charge in [0.25, 0.3) is 5.91 Å². The fraction of sp³-hybridized carbons (Fsp3) is 0.364. The normalized spacial score (nSPS) is 12.2. The molecule has 94 valence electrons. The number of nitrogens with one attached hydrogen (secondary N) is 1. The first kappa shape index (κ1) is 13.8. The number of phenols is 1. The molecule has 5 nitrogen and oxygen atoms in total. The summed E-state index contributed by atoms with van der Waals surface area (Å²) in [6.07, 6.45) is 0. The van der Waals surface area contributed by atoms with Crippen molar-refractivity contribution >= 4 is 17.5 Å². The monoisotopic (exact) mass is 259 g/mol. The molecule has 1 aromatic carbocycles. The fourth-order valence-corrected chi connectivity index (χ4v) is 1.47. The quantitative estimate of drug-likeness (QED) is 0.730. The summed E-state index contributed by atoms with van der Waals surface area (Å²) in [5.74, 6) is -0.679. The van der Waals surface area contributed by atoms with Crippen LogP contribution in [0.15, 0.2) is 18.2 Å². The van der Waals surface area contributed by atoms with E-state index >= 15 is 0 Å². The molecule has 0 bridgehead atoms. The molecule has 0 aliphatic carbocycles. The number of benzene rings is 1. The van der Waals surface area contributed by atoms with Gasteiger partial charge in [0.15, 0.2) is 0 Å². The number of carbonyl (C=O) groups is 1. The third-order valence-corrected chi connectivity index (χ3v) is 2.36. The van der Waals surface area contributed by atoms with Crippen LogP contribution in [0.1, 0.15) is 10.4 Å². The van der Waals surface area contributed by atoms with Crippen LogP contribution in [-0.4, -0.2) is 42.5 Å². The van der Waals surface area contributed by atoms with E-state index in [1.54, 1.807) is 0 Å². The molecule has 1 aromatic rings. The molecule has 17 heavy (non-hydrogen) atoms. The smallest absolute Gasteiger partial charge is 0.255 e. The van der Waals surface area contributed by atoms with Gasteiger partial charge in [0.05, 0.1) is 24.8 Å². The number of hydrogen-bond donors (Lipinski definition) is 3. The third kappa shape index (κ3) is 3.89. The number of amides is 1. The Morgan fingerprint density at radius 1 is 1.59 bits per heavy atom. The van der Waals surface area contributed by atoms with E-state index in [2.05, 4.69) is 5.32 Å². The minimum absolute atomic E-state index is 0.0621. The van der Waals surface area contributed by atoms with Crippen molar-refractivity contribution in [1.29, 1.82) is 0 Å². The topological polar surface area (TPSA) is 78.8 Å². The Bertz CT molecular complexity index is 397. The molecule has 0 aromatic heterocycles. The number of aliphatic hydroxyl groups excluding tert-OH is 1. The lowest BCUT2D eigenvalue weighted by atomic mass is 10.1. The number of aromatic hydroxyl groups is 1. The molecule has 0 heterocycles. The highest BCUT2D eigenvalue weighted by Crippen LogP contribution is 2.21. The first-order chi connectivity index (χ1) is 8.08. The second-order valence-electron chi connectivity index (χ2n) is 3.47. The lowest BCUT2D eigenvalue weighted by molar-refractivity contribution is 0.0837. The Labute approximate surface area is 104 Å².